The van der Waals surface area contributed by atoms with Gasteiger partial charge in [-0.3, -0.25) is 19.7 Å². The maximum atomic E-state index is 12.6. The molecule has 1 aromatic rings. The summed E-state index contributed by atoms with van der Waals surface area (Å²) in [5.41, 5.74) is 1.21. The number of hydrogen-bond acceptors (Lipinski definition) is 5. The molecule has 1 fully saturated rings. The van der Waals surface area contributed by atoms with Crippen molar-refractivity contribution in [2.24, 2.45) is 0 Å². The van der Waals surface area contributed by atoms with Gasteiger partial charge in [0, 0.05) is 18.1 Å². The van der Waals surface area contributed by atoms with Crippen LogP contribution in [-0.2, 0) is 16.1 Å². The first-order valence-electron chi connectivity index (χ1n) is 6.94. The Hall–Kier alpha value is -2.57. The number of fused-ring (bicyclic) bond motifs is 1. The fourth-order valence-electron chi connectivity index (χ4n) is 2.90. The van der Waals surface area contributed by atoms with E-state index in [1.165, 1.54) is 19.1 Å². The molecule has 7 heteroatoms. The second-order valence-corrected chi connectivity index (χ2v) is 5.26. The number of benzene rings is 1. The molecule has 0 aliphatic carbocycles. The van der Waals surface area contributed by atoms with Crippen LogP contribution in [0.2, 0.25) is 0 Å². The van der Waals surface area contributed by atoms with Crippen LogP contribution in [0.4, 0.5) is 0 Å². The number of rotatable bonds is 3. The molecule has 7 nitrogen and oxygen atoms in total. The third-order valence-electron chi connectivity index (χ3n) is 4.04. The van der Waals surface area contributed by atoms with Crippen LogP contribution >= 0.6 is 0 Å². The number of piperidine rings is 1. The van der Waals surface area contributed by atoms with Gasteiger partial charge in [0.25, 0.3) is 5.91 Å². The molecule has 0 spiro atoms. The molecule has 0 radical (unpaired) electrons. The maximum absolute atomic E-state index is 12.6. The molecule has 1 atom stereocenters. The SMILES string of the molecule is COc1cc(OC)c2c(c1)C(=O)N(C1CCC(=O)NC1=O)C2. The van der Waals surface area contributed by atoms with E-state index in [9.17, 15) is 14.4 Å². The molecule has 116 valence electrons. The molecule has 22 heavy (non-hydrogen) atoms. The van der Waals surface area contributed by atoms with Crippen molar-refractivity contribution in [3.05, 3.63) is 23.3 Å². The minimum atomic E-state index is -0.631. The van der Waals surface area contributed by atoms with Gasteiger partial charge in [0.05, 0.1) is 26.3 Å². The fraction of sp³-hybridized carbons (Fsp3) is 0.400. The number of nitrogens with one attached hydrogen (secondary N) is 1. The van der Waals surface area contributed by atoms with Gasteiger partial charge in [-0.15, -0.1) is 0 Å². The van der Waals surface area contributed by atoms with Crippen LogP contribution in [-0.4, -0.2) is 42.9 Å². The number of ether oxygens (including phenoxy) is 2. The molecule has 2 aliphatic heterocycles. The Morgan fingerprint density at radius 3 is 2.59 bits per heavy atom. The van der Waals surface area contributed by atoms with E-state index in [2.05, 4.69) is 5.32 Å². The number of imide groups is 1. The number of nitrogens with zero attached hydrogens (tertiary/aromatic N) is 1. The van der Waals surface area contributed by atoms with Crippen LogP contribution < -0.4 is 14.8 Å². The van der Waals surface area contributed by atoms with Gasteiger partial charge in [0.15, 0.2) is 0 Å². The highest BCUT2D eigenvalue weighted by Crippen LogP contribution is 2.36. The monoisotopic (exact) mass is 304 g/mol. The first-order chi connectivity index (χ1) is 10.5. The van der Waals surface area contributed by atoms with Crippen molar-refractivity contribution in [1.29, 1.82) is 0 Å². The number of methoxy groups -OCH3 is 2. The van der Waals surface area contributed by atoms with E-state index in [0.29, 0.717) is 23.5 Å². The van der Waals surface area contributed by atoms with Gasteiger partial charge < -0.3 is 14.4 Å². The molecule has 2 heterocycles. The topological polar surface area (TPSA) is 84.9 Å². The van der Waals surface area contributed by atoms with Crippen molar-refractivity contribution < 1.29 is 23.9 Å². The van der Waals surface area contributed by atoms with Gasteiger partial charge in [-0.2, -0.15) is 0 Å². The highest BCUT2D eigenvalue weighted by molar-refractivity contribution is 6.05. The highest BCUT2D eigenvalue weighted by atomic mass is 16.5. The first-order valence-corrected chi connectivity index (χ1v) is 6.94. The van der Waals surface area contributed by atoms with Crippen LogP contribution in [0.5, 0.6) is 11.5 Å². The van der Waals surface area contributed by atoms with Gasteiger partial charge in [-0.1, -0.05) is 0 Å². The van der Waals surface area contributed by atoms with E-state index < -0.39 is 11.9 Å². The lowest BCUT2D eigenvalue weighted by atomic mass is 10.0. The summed E-state index contributed by atoms with van der Waals surface area (Å²) in [7, 11) is 3.03. The van der Waals surface area contributed by atoms with Crippen molar-refractivity contribution in [2.75, 3.05) is 14.2 Å². The molecule has 1 N–H and O–H groups in total. The Labute approximate surface area is 127 Å². The minimum Gasteiger partial charge on any atom is -0.497 e. The predicted octanol–water partition coefficient (Wildman–Crippen LogP) is 0.465. The van der Waals surface area contributed by atoms with E-state index in [4.69, 9.17) is 9.47 Å². The average Bonchev–Trinajstić information content (AvgIpc) is 2.83. The van der Waals surface area contributed by atoms with Crippen LogP contribution in [0.3, 0.4) is 0 Å². The number of carbonyl (C=O) groups excluding carboxylic acids is 3. The van der Waals surface area contributed by atoms with Gasteiger partial charge >= 0.3 is 0 Å². The van der Waals surface area contributed by atoms with E-state index in [1.807, 2.05) is 0 Å². The smallest absolute Gasteiger partial charge is 0.255 e. The minimum absolute atomic E-state index is 0.233. The number of carbonyl (C=O) groups is 3. The largest absolute Gasteiger partial charge is 0.497 e. The Morgan fingerprint density at radius 1 is 1.18 bits per heavy atom. The zero-order valence-electron chi connectivity index (χ0n) is 12.3. The Bertz CT molecular complexity index is 670. The van der Waals surface area contributed by atoms with Crippen molar-refractivity contribution in [1.82, 2.24) is 10.2 Å². The van der Waals surface area contributed by atoms with Crippen molar-refractivity contribution in [2.45, 2.75) is 25.4 Å². The Kier molecular flexibility index (Phi) is 3.48. The van der Waals surface area contributed by atoms with E-state index in [0.717, 1.165) is 5.56 Å². The molecule has 0 aromatic heterocycles. The first kappa shape index (κ1) is 14.4. The van der Waals surface area contributed by atoms with E-state index in [-0.39, 0.29) is 24.8 Å². The lowest BCUT2D eigenvalue weighted by Gasteiger charge is -2.29. The molecule has 3 rings (SSSR count). The van der Waals surface area contributed by atoms with Gasteiger partial charge in [-0.25, -0.2) is 0 Å². The molecule has 0 bridgehead atoms. The van der Waals surface area contributed by atoms with E-state index >= 15 is 0 Å². The van der Waals surface area contributed by atoms with Crippen molar-refractivity contribution in [3.8, 4) is 11.5 Å². The van der Waals surface area contributed by atoms with Gasteiger partial charge in [0.2, 0.25) is 11.8 Å². The second-order valence-electron chi connectivity index (χ2n) is 5.26. The molecule has 3 amide bonds. The lowest BCUT2D eigenvalue weighted by molar-refractivity contribution is -0.136. The summed E-state index contributed by atoms with van der Waals surface area (Å²) in [6.07, 6.45) is 0.570. The number of amides is 3. The summed E-state index contributed by atoms with van der Waals surface area (Å²) in [5.74, 6) is 0.0984. The zero-order chi connectivity index (χ0) is 15.9. The molecule has 2 aliphatic rings. The highest BCUT2D eigenvalue weighted by Gasteiger charge is 2.40. The van der Waals surface area contributed by atoms with E-state index in [1.54, 1.807) is 12.1 Å². The molecule has 1 aromatic carbocycles. The van der Waals surface area contributed by atoms with Crippen LogP contribution in [0.15, 0.2) is 12.1 Å². The van der Waals surface area contributed by atoms with Crippen molar-refractivity contribution in [3.63, 3.8) is 0 Å². The molecule has 1 unspecified atom stereocenters. The van der Waals surface area contributed by atoms with Gasteiger partial charge in [-0.05, 0) is 12.5 Å². The molecule has 0 saturated carbocycles. The zero-order valence-corrected chi connectivity index (χ0v) is 12.3. The summed E-state index contributed by atoms with van der Waals surface area (Å²) in [6, 6.07) is 2.72. The predicted molar refractivity (Wildman–Crippen MR) is 75.6 cm³/mol. The van der Waals surface area contributed by atoms with Crippen LogP contribution in [0, 0.1) is 0 Å². The Morgan fingerprint density at radius 2 is 1.95 bits per heavy atom. The quantitative estimate of drug-likeness (QED) is 0.820. The molecular weight excluding hydrogens is 288 g/mol. The summed E-state index contributed by atoms with van der Waals surface area (Å²) in [5, 5.41) is 2.28. The summed E-state index contributed by atoms with van der Waals surface area (Å²) in [4.78, 5) is 37.3. The lowest BCUT2D eigenvalue weighted by Crippen LogP contribution is -2.52. The van der Waals surface area contributed by atoms with Crippen LogP contribution in [0.25, 0.3) is 0 Å². The van der Waals surface area contributed by atoms with Crippen molar-refractivity contribution >= 4 is 17.7 Å². The van der Waals surface area contributed by atoms with Gasteiger partial charge in [0.1, 0.15) is 17.5 Å². The summed E-state index contributed by atoms with van der Waals surface area (Å²) < 4.78 is 10.5. The number of hydrogen-bond donors (Lipinski definition) is 1. The third kappa shape index (κ3) is 2.18. The normalized spacial score (nSPS) is 20.7. The standard InChI is InChI=1S/C15H16N2O5/c1-21-8-5-9-10(12(6-8)22-2)7-17(15(9)20)11-3-4-13(18)16-14(11)19/h5-6,11H,3-4,7H2,1-2H3,(H,16,18,19). The summed E-state index contributed by atoms with van der Waals surface area (Å²) >= 11 is 0. The maximum Gasteiger partial charge on any atom is 0.255 e. The van der Waals surface area contributed by atoms with Crippen LogP contribution in [0.1, 0.15) is 28.8 Å². The summed E-state index contributed by atoms with van der Waals surface area (Å²) in [6.45, 7) is 0.285. The molecular formula is C15H16N2O5. The fourth-order valence-corrected chi connectivity index (χ4v) is 2.90. The molecule has 1 saturated heterocycles. The Balaban J connectivity index is 1.94. The third-order valence-corrected chi connectivity index (χ3v) is 4.04. The second kappa shape index (κ2) is 5.32. The average molecular weight is 304 g/mol.